The van der Waals surface area contributed by atoms with Crippen molar-refractivity contribution in [3.63, 3.8) is 0 Å². The first-order valence-electron chi connectivity index (χ1n) is 5.81. The number of halogens is 2. The molecule has 1 unspecified atom stereocenters. The van der Waals surface area contributed by atoms with Crippen molar-refractivity contribution in [1.29, 1.82) is 5.26 Å². The summed E-state index contributed by atoms with van der Waals surface area (Å²) in [5, 5.41) is 12.4. The summed E-state index contributed by atoms with van der Waals surface area (Å²) in [4.78, 5) is 0. The minimum atomic E-state index is 0.175. The predicted octanol–water partition coefficient (Wildman–Crippen LogP) is 5.26. The van der Waals surface area contributed by atoms with Crippen LogP contribution in [0.5, 0.6) is 0 Å². The van der Waals surface area contributed by atoms with Crippen LogP contribution in [-0.2, 0) is 0 Å². The second kappa shape index (κ2) is 6.23. The Kier molecular flexibility index (Phi) is 4.62. The summed E-state index contributed by atoms with van der Waals surface area (Å²) in [5.74, 6) is 0. The molecule has 0 aliphatic carbocycles. The van der Waals surface area contributed by atoms with Gasteiger partial charge >= 0.3 is 0 Å². The van der Waals surface area contributed by atoms with E-state index in [1.807, 2.05) is 24.3 Å². The van der Waals surface area contributed by atoms with Crippen LogP contribution in [-0.4, -0.2) is 0 Å². The Hall–Kier alpha value is -1.31. The van der Waals surface area contributed by atoms with Crippen LogP contribution in [0.25, 0.3) is 0 Å². The molecule has 1 atom stereocenters. The van der Waals surface area contributed by atoms with Gasteiger partial charge in [0.2, 0.25) is 0 Å². The Morgan fingerprint density at radius 2 is 1.74 bits per heavy atom. The number of hydrogen-bond donors (Lipinski definition) is 1. The van der Waals surface area contributed by atoms with Gasteiger partial charge in [-0.25, -0.2) is 0 Å². The fraction of sp³-hybridized carbons (Fsp3) is 0.133. The third kappa shape index (κ3) is 3.82. The highest BCUT2D eigenvalue weighted by Gasteiger charge is 2.06. The van der Waals surface area contributed by atoms with E-state index < -0.39 is 0 Å². The molecule has 0 fully saturated rings. The molecule has 0 saturated carbocycles. The second-order valence-corrected chi connectivity index (χ2v) is 6.09. The molecule has 0 spiro atoms. The molecule has 0 saturated heterocycles. The molecule has 1 N–H and O–H groups in total. The van der Waals surface area contributed by atoms with Gasteiger partial charge in [0, 0.05) is 20.7 Å². The van der Waals surface area contributed by atoms with Gasteiger partial charge in [0.15, 0.2) is 0 Å². The van der Waals surface area contributed by atoms with Gasteiger partial charge in [-0.1, -0.05) is 44.0 Å². The lowest BCUT2D eigenvalue weighted by molar-refractivity contribution is 0.884. The van der Waals surface area contributed by atoms with Gasteiger partial charge in [0.25, 0.3) is 0 Å². The molecule has 0 radical (unpaired) electrons. The van der Waals surface area contributed by atoms with Crippen LogP contribution in [0.1, 0.15) is 24.1 Å². The standard InChI is InChI=1S/C15H12Br2N2/c1-10(12-2-4-13(16)5-3-12)19-15-7-11(9-18)6-14(17)8-15/h2-8,10,19H,1H3. The van der Waals surface area contributed by atoms with E-state index in [4.69, 9.17) is 5.26 Å². The van der Waals surface area contributed by atoms with Crippen LogP contribution in [0.15, 0.2) is 51.4 Å². The summed E-state index contributed by atoms with van der Waals surface area (Å²) >= 11 is 6.84. The Morgan fingerprint density at radius 1 is 1.05 bits per heavy atom. The van der Waals surface area contributed by atoms with Gasteiger partial charge in [-0.15, -0.1) is 0 Å². The largest absolute Gasteiger partial charge is 0.378 e. The molecule has 2 nitrogen and oxygen atoms in total. The number of anilines is 1. The topological polar surface area (TPSA) is 35.8 Å². The maximum atomic E-state index is 8.96. The second-order valence-electron chi connectivity index (χ2n) is 4.26. The first-order valence-corrected chi connectivity index (χ1v) is 7.40. The number of nitrogens with one attached hydrogen (secondary N) is 1. The summed E-state index contributed by atoms with van der Waals surface area (Å²) in [6.45, 7) is 2.09. The number of nitrogens with zero attached hydrogens (tertiary/aromatic N) is 1. The smallest absolute Gasteiger partial charge is 0.0992 e. The number of benzene rings is 2. The average Bonchev–Trinajstić information content (AvgIpc) is 2.38. The zero-order valence-corrected chi connectivity index (χ0v) is 13.5. The van der Waals surface area contributed by atoms with Crippen molar-refractivity contribution in [1.82, 2.24) is 0 Å². The lowest BCUT2D eigenvalue weighted by Gasteiger charge is -2.16. The van der Waals surface area contributed by atoms with Gasteiger partial charge in [0.1, 0.15) is 0 Å². The minimum absolute atomic E-state index is 0.175. The Bertz CT molecular complexity index is 615. The molecule has 96 valence electrons. The van der Waals surface area contributed by atoms with E-state index in [0.29, 0.717) is 5.56 Å². The van der Waals surface area contributed by atoms with Crippen LogP contribution in [0.2, 0.25) is 0 Å². The van der Waals surface area contributed by atoms with Crippen LogP contribution in [0.4, 0.5) is 5.69 Å². The molecular formula is C15H12Br2N2. The van der Waals surface area contributed by atoms with Gasteiger partial charge in [-0.3, -0.25) is 0 Å². The van der Waals surface area contributed by atoms with Crippen LogP contribution < -0.4 is 5.32 Å². The zero-order valence-electron chi connectivity index (χ0n) is 10.3. The number of rotatable bonds is 3. The van der Waals surface area contributed by atoms with Crippen LogP contribution in [0.3, 0.4) is 0 Å². The summed E-state index contributed by atoms with van der Waals surface area (Å²) < 4.78 is 1.97. The Labute approximate surface area is 129 Å². The number of nitriles is 1. The highest BCUT2D eigenvalue weighted by atomic mass is 79.9. The van der Waals surface area contributed by atoms with Crippen molar-refractivity contribution in [3.8, 4) is 6.07 Å². The first-order chi connectivity index (χ1) is 9.08. The molecule has 0 heterocycles. The van der Waals surface area contributed by atoms with Gasteiger partial charge in [-0.05, 0) is 42.8 Å². The Morgan fingerprint density at radius 3 is 2.37 bits per heavy atom. The summed E-state index contributed by atoms with van der Waals surface area (Å²) in [6.07, 6.45) is 0. The minimum Gasteiger partial charge on any atom is -0.378 e. The van der Waals surface area contributed by atoms with Crippen molar-refractivity contribution in [2.45, 2.75) is 13.0 Å². The van der Waals surface area contributed by atoms with E-state index in [2.05, 4.69) is 62.3 Å². The predicted molar refractivity (Wildman–Crippen MR) is 85.0 cm³/mol. The summed E-state index contributed by atoms with van der Waals surface area (Å²) in [6, 6.07) is 16.1. The van der Waals surface area contributed by atoms with Gasteiger partial charge in [-0.2, -0.15) is 5.26 Å². The van der Waals surface area contributed by atoms with Crippen molar-refractivity contribution in [3.05, 3.63) is 62.5 Å². The number of hydrogen-bond acceptors (Lipinski definition) is 2. The van der Waals surface area contributed by atoms with E-state index in [9.17, 15) is 0 Å². The van der Waals surface area contributed by atoms with Crippen molar-refractivity contribution >= 4 is 37.5 Å². The molecule has 19 heavy (non-hydrogen) atoms. The molecule has 0 aliphatic rings. The van der Waals surface area contributed by atoms with Crippen molar-refractivity contribution in [2.75, 3.05) is 5.32 Å². The van der Waals surface area contributed by atoms with Crippen molar-refractivity contribution < 1.29 is 0 Å². The lowest BCUT2D eigenvalue weighted by Crippen LogP contribution is -2.06. The SMILES string of the molecule is CC(Nc1cc(Br)cc(C#N)c1)c1ccc(Br)cc1. The van der Waals surface area contributed by atoms with E-state index in [0.717, 1.165) is 14.6 Å². The van der Waals surface area contributed by atoms with E-state index in [1.165, 1.54) is 5.56 Å². The molecule has 0 aromatic heterocycles. The molecular weight excluding hydrogens is 368 g/mol. The van der Waals surface area contributed by atoms with Crippen molar-refractivity contribution in [2.24, 2.45) is 0 Å². The highest BCUT2D eigenvalue weighted by molar-refractivity contribution is 9.10. The molecule has 0 bridgehead atoms. The maximum absolute atomic E-state index is 8.96. The summed E-state index contributed by atoms with van der Waals surface area (Å²) in [5.41, 5.74) is 2.77. The zero-order chi connectivity index (χ0) is 13.8. The van der Waals surface area contributed by atoms with E-state index in [1.54, 1.807) is 6.07 Å². The van der Waals surface area contributed by atoms with Crippen LogP contribution >= 0.6 is 31.9 Å². The lowest BCUT2D eigenvalue weighted by atomic mass is 10.1. The molecule has 0 amide bonds. The Balaban J connectivity index is 2.19. The van der Waals surface area contributed by atoms with Crippen LogP contribution in [0, 0.1) is 11.3 Å². The molecule has 2 aromatic rings. The van der Waals surface area contributed by atoms with Gasteiger partial charge in [0.05, 0.1) is 11.6 Å². The molecule has 2 aromatic carbocycles. The molecule has 4 heteroatoms. The third-order valence-electron chi connectivity index (χ3n) is 2.78. The van der Waals surface area contributed by atoms with Gasteiger partial charge < -0.3 is 5.32 Å². The average molecular weight is 380 g/mol. The monoisotopic (exact) mass is 378 g/mol. The first kappa shape index (κ1) is 14.1. The van der Waals surface area contributed by atoms with E-state index in [-0.39, 0.29) is 6.04 Å². The third-order valence-corrected chi connectivity index (χ3v) is 3.77. The fourth-order valence-corrected chi connectivity index (χ4v) is 2.58. The molecule has 2 rings (SSSR count). The molecule has 0 aliphatic heterocycles. The maximum Gasteiger partial charge on any atom is 0.0992 e. The highest BCUT2D eigenvalue weighted by Crippen LogP contribution is 2.24. The summed E-state index contributed by atoms with van der Waals surface area (Å²) in [7, 11) is 0. The van der Waals surface area contributed by atoms with E-state index >= 15 is 0 Å². The normalized spacial score (nSPS) is 11.7. The quantitative estimate of drug-likeness (QED) is 0.789. The fourth-order valence-electron chi connectivity index (χ4n) is 1.82.